The summed E-state index contributed by atoms with van der Waals surface area (Å²) < 4.78 is 33.3. The summed E-state index contributed by atoms with van der Waals surface area (Å²) in [6.07, 6.45) is -0.819. The third kappa shape index (κ3) is 7.52. The number of hydrogen-bond donors (Lipinski definition) is 0. The molecular weight excluding hydrogens is 519 g/mol. The van der Waals surface area contributed by atoms with Crippen LogP contribution < -0.4 is 14.2 Å². The van der Waals surface area contributed by atoms with Gasteiger partial charge in [0.05, 0.1) is 31.8 Å². The molecule has 0 saturated carbocycles. The molecule has 0 N–H and O–H groups in total. The molecule has 0 radical (unpaired) electrons. The molecule has 0 bridgehead atoms. The van der Waals surface area contributed by atoms with E-state index in [1.165, 1.54) is 7.11 Å². The summed E-state index contributed by atoms with van der Waals surface area (Å²) >= 11 is 13.4. The average molecular weight is 549 g/mol. The van der Waals surface area contributed by atoms with Crippen molar-refractivity contribution in [1.29, 1.82) is 0 Å². The van der Waals surface area contributed by atoms with Crippen molar-refractivity contribution in [2.24, 2.45) is 0 Å². The van der Waals surface area contributed by atoms with E-state index in [9.17, 15) is 4.79 Å². The summed E-state index contributed by atoms with van der Waals surface area (Å²) in [6, 6.07) is 19.0. The second kappa shape index (κ2) is 14.7. The zero-order valence-corrected chi connectivity index (χ0v) is 22.5. The first-order chi connectivity index (χ1) is 18.0. The predicted octanol–water partition coefficient (Wildman–Crippen LogP) is 5.93. The van der Waals surface area contributed by atoms with Gasteiger partial charge in [0.2, 0.25) is 0 Å². The molecule has 3 aromatic rings. The van der Waals surface area contributed by atoms with Crippen LogP contribution in [-0.2, 0) is 25.4 Å². The molecule has 198 valence electrons. The fraction of sp³-hybridized carbons (Fsp3) is 0.321. The molecule has 3 aromatic carbocycles. The fourth-order valence-corrected chi connectivity index (χ4v) is 4.28. The molecule has 0 aliphatic heterocycles. The summed E-state index contributed by atoms with van der Waals surface area (Å²) in [5, 5.41) is 0.263. The highest BCUT2D eigenvalue weighted by Crippen LogP contribution is 2.50. The lowest BCUT2D eigenvalue weighted by atomic mass is 10.0. The standard InChI is InChI=1S/C28H30Cl2O7/c1-32-14-16-35-27-23(29)21(26(34-3)24(30)28(27)36-17-15-33-2)18-22(31)37-25(19-10-6-4-7-11-19)20-12-8-5-9-13-20/h4-13,25H,14-18H2,1-3H3. The van der Waals surface area contributed by atoms with Gasteiger partial charge < -0.3 is 28.4 Å². The van der Waals surface area contributed by atoms with Crippen LogP contribution in [0, 0.1) is 0 Å². The van der Waals surface area contributed by atoms with Crippen LogP contribution in [0.2, 0.25) is 10.0 Å². The average Bonchev–Trinajstić information content (AvgIpc) is 2.92. The Morgan fingerprint density at radius 3 is 1.65 bits per heavy atom. The van der Waals surface area contributed by atoms with Crippen LogP contribution in [0.25, 0.3) is 0 Å². The molecule has 0 fully saturated rings. The molecule has 0 spiro atoms. The number of carbonyl (C=O) groups is 1. The molecule has 0 aliphatic rings. The predicted molar refractivity (Wildman–Crippen MR) is 142 cm³/mol. The minimum absolute atomic E-state index is 0.126. The van der Waals surface area contributed by atoms with Crippen molar-refractivity contribution in [1.82, 2.24) is 0 Å². The second-order valence-electron chi connectivity index (χ2n) is 7.85. The Balaban J connectivity index is 1.95. The lowest BCUT2D eigenvalue weighted by Gasteiger charge is -2.22. The number of methoxy groups -OCH3 is 3. The molecule has 0 aromatic heterocycles. The van der Waals surface area contributed by atoms with Crippen LogP contribution in [0.15, 0.2) is 60.7 Å². The molecule has 3 rings (SSSR count). The Labute approximate surface area is 227 Å². The molecule has 37 heavy (non-hydrogen) atoms. The third-order valence-electron chi connectivity index (χ3n) is 5.39. The highest BCUT2D eigenvalue weighted by Gasteiger charge is 2.28. The fourth-order valence-electron chi connectivity index (χ4n) is 3.66. The zero-order valence-electron chi connectivity index (χ0n) is 21.0. The van der Waals surface area contributed by atoms with Gasteiger partial charge in [-0.15, -0.1) is 0 Å². The van der Waals surface area contributed by atoms with Crippen LogP contribution in [0.5, 0.6) is 17.2 Å². The van der Waals surface area contributed by atoms with E-state index in [0.29, 0.717) is 18.8 Å². The van der Waals surface area contributed by atoms with Crippen molar-refractivity contribution in [2.75, 3.05) is 47.8 Å². The molecule has 0 saturated heterocycles. The monoisotopic (exact) mass is 548 g/mol. The lowest BCUT2D eigenvalue weighted by Crippen LogP contribution is -2.16. The first-order valence-corrected chi connectivity index (χ1v) is 12.4. The number of benzene rings is 3. The topological polar surface area (TPSA) is 72.5 Å². The Morgan fingerprint density at radius 2 is 1.19 bits per heavy atom. The quantitative estimate of drug-likeness (QED) is 0.182. The number of rotatable bonds is 14. The minimum atomic E-state index is -0.607. The van der Waals surface area contributed by atoms with Crippen LogP contribution in [-0.4, -0.2) is 53.7 Å². The molecule has 9 heteroatoms. The summed E-state index contributed by atoms with van der Waals surface area (Å²) in [7, 11) is 4.55. The Bertz CT molecular complexity index is 1100. The van der Waals surface area contributed by atoms with Gasteiger partial charge in [0, 0.05) is 19.8 Å². The molecule has 0 amide bonds. The van der Waals surface area contributed by atoms with Crippen molar-refractivity contribution >= 4 is 29.2 Å². The van der Waals surface area contributed by atoms with E-state index in [1.54, 1.807) is 14.2 Å². The van der Waals surface area contributed by atoms with E-state index in [1.807, 2.05) is 60.7 Å². The van der Waals surface area contributed by atoms with Crippen molar-refractivity contribution in [3.8, 4) is 17.2 Å². The van der Waals surface area contributed by atoms with Crippen molar-refractivity contribution in [3.63, 3.8) is 0 Å². The lowest BCUT2D eigenvalue weighted by molar-refractivity contribution is -0.146. The second-order valence-corrected chi connectivity index (χ2v) is 8.60. The van der Waals surface area contributed by atoms with Crippen LogP contribution in [0.4, 0.5) is 0 Å². The highest BCUT2D eigenvalue weighted by atomic mass is 35.5. The van der Waals surface area contributed by atoms with E-state index in [4.69, 9.17) is 51.6 Å². The Kier molecular flexibility index (Phi) is 11.4. The highest BCUT2D eigenvalue weighted by molar-refractivity contribution is 6.37. The largest absolute Gasteiger partial charge is 0.495 e. The van der Waals surface area contributed by atoms with Gasteiger partial charge >= 0.3 is 5.97 Å². The summed E-state index contributed by atoms with van der Waals surface area (Å²) in [4.78, 5) is 13.3. The summed E-state index contributed by atoms with van der Waals surface area (Å²) in [5.41, 5.74) is 2.00. The van der Waals surface area contributed by atoms with Gasteiger partial charge in [-0.25, -0.2) is 0 Å². The van der Waals surface area contributed by atoms with E-state index < -0.39 is 12.1 Å². The first-order valence-electron chi connectivity index (χ1n) is 11.6. The third-order valence-corrected chi connectivity index (χ3v) is 6.13. The molecule has 7 nitrogen and oxygen atoms in total. The minimum Gasteiger partial charge on any atom is -0.495 e. The normalized spacial score (nSPS) is 10.9. The SMILES string of the molecule is COCCOc1c(Cl)c(CC(=O)OC(c2ccccc2)c2ccccc2)c(OC)c(Cl)c1OCCOC. The smallest absolute Gasteiger partial charge is 0.311 e. The zero-order chi connectivity index (χ0) is 26.6. The summed E-state index contributed by atoms with van der Waals surface area (Å²) in [5.74, 6) is 0.0577. The van der Waals surface area contributed by atoms with Crippen LogP contribution in [0.3, 0.4) is 0 Å². The maximum Gasteiger partial charge on any atom is 0.311 e. The van der Waals surface area contributed by atoms with Crippen molar-refractivity contribution < 1.29 is 33.2 Å². The van der Waals surface area contributed by atoms with E-state index in [2.05, 4.69) is 0 Å². The maximum atomic E-state index is 13.3. The Morgan fingerprint density at radius 1 is 0.703 bits per heavy atom. The summed E-state index contributed by atoms with van der Waals surface area (Å²) in [6.45, 7) is 1.02. The number of ether oxygens (including phenoxy) is 6. The number of esters is 1. The van der Waals surface area contributed by atoms with Crippen LogP contribution >= 0.6 is 23.2 Å². The number of hydrogen-bond acceptors (Lipinski definition) is 7. The van der Waals surface area contributed by atoms with Crippen molar-refractivity contribution in [2.45, 2.75) is 12.5 Å². The van der Waals surface area contributed by atoms with Crippen LogP contribution in [0.1, 0.15) is 22.8 Å². The molecular formula is C28H30Cl2O7. The van der Waals surface area contributed by atoms with E-state index in [-0.39, 0.29) is 46.9 Å². The number of halogens is 2. The van der Waals surface area contributed by atoms with Crippen molar-refractivity contribution in [3.05, 3.63) is 87.4 Å². The van der Waals surface area contributed by atoms with E-state index in [0.717, 1.165) is 11.1 Å². The molecule has 0 aliphatic carbocycles. The molecule has 0 atom stereocenters. The molecule has 0 unspecified atom stereocenters. The van der Waals surface area contributed by atoms with Gasteiger partial charge in [-0.3, -0.25) is 4.79 Å². The van der Waals surface area contributed by atoms with Gasteiger partial charge in [-0.05, 0) is 11.1 Å². The van der Waals surface area contributed by atoms with Gasteiger partial charge in [0.1, 0.15) is 24.0 Å². The number of carbonyl (C=O) groups excluding carboxylic acids is 1. The maximum absolute atomic E-state index is 13.3. The Hall–Kier alpha value is -2.97. The first kappa shape index (κ1) is 28.6. The van der Waals surface area contributed by atoms with Gasteiger partial charge in [-0.2, -0.15) is 0 Å². The van der Waals surface area contributed by atoms with Gasteiger partial charge in [-0.1, -0.05) is 83.9 Å². The van der Waals surface area contributed by atoms with E-state index >= 15 is 0 Å². The van der Waals surface area contributed by atoms with Gasteiger partial charge in [0.15, 0.2) is 17.6 Å². The molecule has 0 heterocycles. The van der Waals surface area contributed by atoms with Gasteiger partial charge in [0.25, 0.3) is 0 Å².